The number of hydrogen-bond donors (Lipinski definition) is 1. The van der Waals surface area contributed by atoms with Gasteiger partial charge in [0.1, 0.15) is 0 Å². The maximum atomic E-state index is 12.7. The van der Waals surface area contributed by atoms with E-state index in [4.69, 9.17) is 0 Å². The van der Waals surface area contributed by atoms with Gasteiger partial charge in [-0.15, -0.1) is 0 Å². The van der Waals surface area contributed by atoms with Gasteiger partial charge in [0.25, 0.3) is 10.0 Å². The second-order valence-electron chi connectivity index (χ2n) is 5.66. The van der Waals surface area contributed by atoms with Crippen molar-refractivity contribution in [1.29, 1.82) is 0 Å². The molecule has 0 amide bonds. The molecule has 0 aliphatic carbocycles. The molecule has 0 fully saturated rings. The summed E-state index contributed by atoms with van der Waals surface area (Å²) in [5.41, 5.74) is 1.70. The molecule has 0 bridgehead atoms. The first-order chi connectivity index (χ1) is 12.4. The van der Waals surface area contributed by atoms with E-state index in [1.165, 1.54) is 12.3 Å². The van der Waals surface area contributed by atoms with Gasteiger partial charge in [-0.05, 0) is 55.0 Å². The Morgan fingerprint density at radius 1 is 1.04 bits per heavy atom. The van der Waals surface area contributed by atoms with E-state index in [9.17, 15) is 13.2 Å². The topological polar surface area (TPSA) is 76.1 Å². The van der Waals surface area contributed by atoms with Crippen molar-refractivity contribution in [3.05, 3.63) is 88.2 Å². The number of carbonyl (C=O) groups excluding carboxylic acids is 1. The monoisotopic (exact) mass is 430 g/mol. The summed E-state index contributed by atoms with van der Waals surface area (Å²) in [6.07, 6.45) is 2.98. The average molecular weight is 431 g/mol. The van der Waals surface area contributed by atoms with E-state index < -0.39 is 10.0 Å². The van der Waals surface area contributed by atoms with Crippen LogP contribution in [0.1, 0.15) is 21.5 Å². The number of nitrogens with zero attached hydrogens (tertiary/aromatic N) is 1. The molecular formula is C19H15BrN2O3S. The van der Waals surface area contributed by atoms with E-state index in [0.29, 0.717) is 22.4 Å². The zero-order chi connectivity index (χ0) is 18.7. The van der Waals surface area contributed by atoms with Gasteiger partial charge in [-0.25, -0.2) is 8.42 Å². The third-order valence-electron chi connectivity index (χ3n) is 3.76. The molecule has 0 spiro atoms. The summed E-state index contributed by atoms with van der Waals surface area (Å²) in [5.74, 6) is -0.240. The van der Waals surface area contributed by atoms with Crippen molar-refractivity contribution in [3.63, 3.8) is 0 Å². The van der Waals surface area contributed by atoms with Crippen molar-refractivity contribution < 1.29 is 13.2 Å². The first kappa shape index (κ1) is 18.3. The highest BCUT2D eigenvalue weighted by molar-refractivity contribution is 9.10. The van der Waals surface area contributed by atoms with Crippen molar-refractivity contribution in [1.82, 2.24) is 4.98 Å². The molecule has 0 saturated carbocycles. The van der Waals surface area contributed by atoms with Gasteiger partial charge < -0.3 is 0 Å². The minimum atomic E-state index is -3.84. The molecule has 1 aromatic heterocycles. The summed E-state index contributed by atoms with van der Waals surface area (Å²) in [5, 5.41) is 0. The van der Waals surface area contributed by atoms with Crippen molar-refractivity contribution in [3.8, 4) is 0 Å². The van der Waals surface area contributed by atoms with Gasteiger partial charge >= 0.3 is 0 Å². The minimum absolute atomic E-state index is 0.0596. The van der Waals surface area contributed by atoms with Gasteiger partial charge in [-0.3, -0.25) is 14.5 Å². The molecule has 0 radical (unpaired) electrons. The van der Waals surface area contributed by atoms with Crippen LogP contribution in [0, 0.1) is 6.92 Å². The molecule has 132 valence electrons. The van der Waals surface area contributed by atoms with E-state index >= 15 is 0 Å². The maximum absolute atomic E-state index is 12.7. The van der Waals surface area contributed by atoms with E-state index in [1.807, 2.05) is 0 Å². The normalized spacial score (nSPS) is 11.2. The second kappa shape index (κ2) is 7.39. The van der Waals surface area contributed by atoms with Crippen molar-refractivity contribution in [2.75, 3.05) is 4.72 Å². The van der Waals surface area contributed by atoms with Crippen LogP contribution in [0.15, 0.2) is 76.4 Å². The first-order valence-corrected chi connectivity index (χ1v) is 9.98. The minimum Gasteiger partial charge on any atom is -0.289 e. The number of hydrogen-bond acceptors (Lipinski definition) is 4. The highest BCUT2D eigenvalue weighted by Gasteiger charge is 2.20. The highest BCUT2D eigenvalue weighted by Crippen LogP contribution is 2.22. The van der Waals surface area contributed by atoms with Gasteiger partial charge in [0.2, 0.25) is 0 Å². The van der Waals surface area contributed by atoms with Gasteiger partial charge in [0.05, 0.1) is 16.8 Å². The maximum Gasteiger partial charge on any atom is 0.262 e. The molecule has 1 N–H and O–H groups in total. The SMILES string of the molecule is Cc1ccc(C(=O)c2ccc(Br)cc2)cc1S(=O)(=O)Nc1cccnc1. The van der Waals surface area contributed by atoms with Crippen molar-refractivity contribution in [2.24, 2.45) is 0 Å². The Balaban J connectivity index is 1.97. The zero-order valence-electron chi connectivity index (χ0n) is 13.8. The number of anilines is 1. The van der Waals surface area contributed by atoms with Gasteiger partial charge in [0, 0.05) is 21.8 Å². The quantitative estimate of drug-likeness (QED) is 0.615. The molecule has 0 aliphatic rings. The van der Waals surface area contributed by atoms with Crippen LogP contribution in [-0.2, 0) is 10.0 Å². The molecule has 7 heteroatoms. The molecule has 1 heterocycles. The van der Waals surface area contributed by atoms with Crippen molar-refractivity contribution >= 4 is 37.4 Å². The summed E-state index contributed by atoms with van der Waals surface area (Å²) in [6.45, 7) is 1.69. The molecule has 5 nitrogen and oxygen atoms in total. The van der Waals surface area contributed by atoms with Gasteiger partial charge in [0.15, 0.2) is 5.78 Å². The smallest absolute Gasteiger partial charge is 0.262 e. The van der Waals surface area contributed by atoms with Crippen LogP contribution >= 0.6 is 15.9 Å². The summed E-state index contributed by atoms with van der Waals surface area (Å²) in [6, 6.07) is 14.8. The summed E-state index contributed by atoms with van der Waals surface area (Å²) >= 11 is 3.33. The Kier molecular flexibility index (Phi) is 5.20. The fourth-order valence-corrected chi connectivity index (χ4v) is 4.01. The Bertz CT molecular complexity index is 1050. The molecule has 26 heavy (non-hydrogen) atoms. The number of sulfonamides is 1. The Morgan fingerprint density at radius 3 is 2.38 bits per heavy atom. The third-order valence-corrected chi connectivity index (χ3v) is 5.81. The highest BCUT2D eigenvalue weighted by atomic mass is 79.9. The standard InChI is InChI=1S/C19H15BrN2O3S/c1-13-4-5-15(19(23)14-6-8-16(20)9-7-14)11-18(13)26(24,25)22-17-3-2-10-21-12-17/h2-12,22H,1H3. The van der Waals surface area contributed by atoms with E-state index in [0.717, 1.165) is 4.47 Å². The summed E-state index contributed by atoms with van der Waals surface area (Å²) in [4.78, 5) is 16.6. The predicted molar refractivity (Wildman–Crippen MR) is 104 cm³/mol. The van der Waals surface area contributed by atoms with Crippen LogP contribution < -0.4 is 4.72 Å². The molecule has 0 atom stereocenters. The molecular weight excluding hydrogens is 416 g/mol. The molecule has 2 aromatic carbocycles. The number of benzene rings is 2. The molecule has 0 unspecified atom stereocenters. The lowest BCUT2D eigenvalue weighted by molar-refractivity contribution is 0.103. The number of rotatable bonds is 5. The molecule has 3 aromatic rings. The Labute approximate surface area is 160 Å². The van der Waals surface area contributed by atoms with Crippen LogP contribution in [0.4, 0.5) is 5.69 Å². The largest absolute Gasteiger partial charge is 0.289 e. The number of halogens is 1. The van der Waals surface area contributed by atoms with Gasteiger partial charge in [-0.2, -0.15) is 0 Å². The van der Waals surface area contributed by atoms with Crippen LogP contribution in [-0.4, -0.2) is 19.2 Å². The number of ketones is 1. The third kappa shape index (κ3) is 4.00. The molecule has 3 rings (SSSR count). The second-order valence-corrected chi connectivity index (χ2v) is 8.23. The van der Waals surface area contributed by atoms with E-state index in [1.54, 1.807) is 61.7 Å². The molecule has 0 saturated heterocycles. The average Bonchev–Trinajstić information content (AvgIpc) is 2.62. The molecule has 0 aliphatic heterocycles. The number of carbonyl (C=O) groups is 1. The summed E-state index contributed by atoms with van der Waals surface area (Å²) < 4.78 is 28.8. The Hall–Kier alpha value is -2.51. The van der Waals surface area contributed by atoms with Crippen molar-refractivity contribution in [2.45, 2.75) is 11.8 Å². The van der Waals surface area contributed by atoms with E-state index in [-0.39, 0.29) is 10.7 Å². The van der Waals surface area contributed by atoms with Gasteiger partial charge in [-0.1, -0.05) is 28.1 Å². The Morgan fingerprint density at radius 2 is 1.73 bits per heavy atom. The van der Waals surface area contributed by atoms with Crippen LogP contribution in [0.25, 0.3) is 0 Å². The lowest BCUT2D eigenvalue weighted by Gasteiger charge is -2.11. The van der Waals surface area contributed by atoms with Crippen LogP contribution in [0.2, 0.25) is 0 Å². The number of aromatic nitrogens is 1. The number of pyridine rings is 1. The zero-order valence-corrected chi connectivity index (χ0v) is 16.2. The lowest BCUT2D eigenvalue weighted by atomic mass is 10.0. The lowest BCUT2D eigenvalue weighted by Crippen LogP contribution is -2.15. The first-order valence-electron chi connectivity index (χ1n) is 7.70. The fourth-order valence-electron chi connectivity index (χ4n) is 2.43. The number of nitrogens with one attached hydrogen (secondary N) is 1. The van der Waals surface area contributed by atoms with E-state index in [2.05, 4.69) is 25.6 Å². The van der Waals surface area contributed by atoms with Crippen LogP contribution in [0.3, 0.4) is 0 Å². The van der Waals surface area contributed by atoms with Crippen LogP contribution in [0.5, 0.6) is 0 Å². The predicted octanol–water partition coefficient (Wildman–Crippen LogP) is 4.18. The summed E-state index contributed by atoms with van der Waals surface area (Å²) in [7, 11) is -3.84. The number of aryl methyl sites for hydroxylation is 1. The fraction of sp³-hybridized carbons (Fsp3) is 0.0526.